The molecule has 0 aliphatic rings. The number of hydrogen-bond acceptors (Lipinski definition) is 1. The minimum atomic E-state index is 0.395. The molecule has 0 amide bonds. The smallest absolute Gasteiger partial charge is 0.143 e. The van der Waals surface area contributed by atoms with Crippen molar-refractivity contribution in [3.63, 3.8) is 0 Å². The Morgan fingerprint density at radius 1 is 0.410 bits per heavy atom. The van der Waals surface area contributed by atoms with Gasteiger partial charge in [0, 0.05) is 21.9 Å². The molecule has 1 nitrogen and oxygen atoms in total. The van der Waals surface area contributed by atoms with E-state index in [0.29, 0.717) is 35.5 Å². The second-order valence-electron chi connectivity index (χ2n) is 13.4. The SMILES string of the molecule is CC(C)c1cc(C(C)C)c(-c2oc(-c3c(C(C)C)cc(C(C)C)cc3C(C)C)c3ccccc23)c(C(C)C)c1. The summed E-state index contributed by atoms with van der Waals surface area (Å²) >= 11 is 0. The molecule has 0 saturated carbocycles. The predicted molar refractivity (Wildman–Crippen MR) is 172 cm³/mol. The van der Waals surface area contributed by atoms with E-state index in [1.165, 1.54) is 55.3 Å². The standard InChI is InChI=1S/C38H50O/c1-21(2)27-17-31(23(5)6)35(32(18-27)24(7)8)37-29-15-13-14-16-30(29)38(39-37)36-33(25(9)10)19-28(22(3)4)20-34(36)26(11)12/h13-26H,1-12H3. The molecular weight excluding hydrogens is 472 g/mol. The zero-order chi connectivity index (χ0) is 28.8. The Morgan fingerprint density at radius 3 is 0.923 bits per heavy atom. The first-order valence-electron chi connectivity index (χ1n) is 15.2. The number of rotatable bonds is 8. The number of fused-ring (bicyclic) bond motifs is 1. The summed E-state index contributed by atoms with van der Waals surface area (Å²) in [6.07, 6.45) is 0. The van der Waals surface area contributed by atoms with Gasteiger partial charge in [-0.3, -0.25) is 0 Å². The maximum absolute atomic E-state index is 7.20. The first-order valence-corrected chi connectivity index (χ1v) is 15.2. The van der Waals surface area contributed by atoms with Gasteiger partial charge in [0.05, 0.1) is 0 Å². The number of furan rings is 1. The van der Waals surface area contributed by atoms with E-state index >= 15 is 0 Å². The van der Waals surface area contributed by atoms with Gasteiger partial charge in [-0.05, 0) is 68.9 Å². The van der Waals surface area contributed by atoms with Gasteiger partial charge in [-0.2, -0.15) is 0 Å². The van der Waals surface area contributed by atoms with E-state index in [0.717, 1.165) is 11.5 Å². The largest absolute Gasteiger partial charge is 0.455 e. The minimum Gasteiger partial charge on any atom is -0.455 e. The molecule has 3 aromatic carbocycles. The molecular formula is C38H50O. The van der Waals surface area contributed by atoms with E-state index < -0.39 is 0 Å². The van der Waals surface area contributed by atoms with Crippen LogP contribution in [-0.4, -0.2) is 0 Å². The average molecular weight is 523 g/mol. The number of hydrogen-bond donors (Lipinski definition) is 0. The van der Waals surface area contributed by atoms with Gasteiger partial charge in [-0.15, -0.1) is 0 Å². The monoisotopic (exact) mass is 522 g/mol. The van der Waals surface area contributed by atoms with Gasteiger partial charge in [0.2, 0.25) is 0 Å². The molecule has 208 valence electrons. The number of benzene rings is 3. The second kappa shape index (κ2) is 11.4. The van der Waals surface area contributed by atoms with Crippen molar-refractivity contribution in [1.82, 2.24) is 0 Å². The predicted octanol–water partition coefficient (Wildman–Crippen LogP) is 12.5. The Labute approximate surface area is 238 Å². The van der Waals surface area contributed by atoms with Crippen LogP contribution in [-0.2, 0) is 0 Å². The lowest BCUT2D eigenvalue weighted by Crippen LogP contribution is -2.04. The van der Waals surface area contributed by atoms with E-state index in [4.69, 9.17) is 4.42 Å². The van der Waals surface area contributed by atoms with Crippen LogP contribution in [0.2, 0.25) is 0 Å². The quantitative estimate of drug-likeness (QED) is 0.224. The van der Waals surface area contributed by atoms with Gasteiger partial charge in [-0.25, -0.2) is 0 Å². The summed E-state index contributed by atoms with van der Waals surface area (Å²) in [5.41, 5.74) is 11.0. The summed E-state index contributed by atoms with van der Waals surface area (Å²) in [4.78, 5) is 0. The third-order valence-corrected chi connectivity index (χ3v) is 8.34. The third-order valence-electron chi connectivity index (χ3n) is 8.34. The van der Waals surface area contributed by atoms with Crippen LogP contribution in [0.5, 0.6) is 0 Å². The zero-order valence-electron chi connectivity index (χ0n) is 26.5. The molecule has 0 bridgehead atoms. The average Bonchev–Trinajstić information content (AvgIpc) is 3.25. The van der Waals surface area contributed by atoms with Crippen LogP contribution in [0, 0.1) is 0 Å². The van der Waals surface area contributed by atoms with Gasteiger partial charge < -0.3 is 4.42 Å². The van der Waals surface area contributed by atoms with Crippen LogP contribution >= 0.6 is 0 Å². The van der Waals surface area contributed by atoms with Crippen molar-refractivity contribution in [3.05, 3.63) is 81.9 Å². The van der Waals surface area contributed by atoms with E-state index in [2.05, 4.69) is 132 Å². The lowest BCUT2D eigenvalue weighted by Gasteiger charge is -2.23. The summed E-state index contributed by atoms with van der Waals surface area (Å²) in [6, 6.07) is 18.6. The molecule has 1 heteroatoms. The summed E-state index contributed by atoms with van der Waals surface area (Å²) in [7, 11) is 0. The van der Waals surface area contributed by atoms with Gasteiger partial charge in [0.1, 0.15) is 11.5 Å². The molecule has 0 spiro atoms. The van der Waals surface area contributed by atoms with Crippen molar-refractivity contribution in [1.29, 1.82) is 0 Å². The van der Waals surface area contributed by atoms with Crippen LogP contribution in [0.25, 0.3) is 33.4 Å². The molecule has 0 aliphatic carbocycles. The Hall–Kier alpha value is -2.80. The molecule has 0 unspecified atom stereocenters. The Morgan fingerprint density at radius 2 is 0.692 bits per heavy atom. The Kier molecular flexibility index (Phi) is 8.50. The summed E-state index contributed by atoms with van der Waals surface area (Å²) in [5, 5.41) is 2.43. The van der Waals surface area contributed by atoms with Crippen LogP contribution in [0.4, 0.5) is 0 Å². The van der Waals surface area contributed by atoms with E-state index in [1.807, 2.05) is 0 Å². The third kappa shape index (κ3) is 5.47. The van der Waals surface area contributed by atoms with E-state index in [-0.39, 0.29) is 0 Å². The summed E-state index contributed by atoms with van der Waals surface area (Å²) < 4.78 is 7.20. The van der Waals surface area contributed by atoms with Crippen LogP contribution in [0.1, 0.15) is 152 Å². The van der Waals surface area contributed by atoms with Crippen molar-refractivity contribution in [2.45, 2.75) is 119 Å². The highest BCUT2D eigenvalue weighted by Crippen LogP contribution is 2.48. The van der Waals surface area contributed by atoms with Crippen LogP contribution in [0.15, 0.2) is 52.9 Å². The molecule has 1 aromatic heterocycles. The molecule has 0 N–H and O–H groups in total. The Balaban J connectivity index is 2.16. The fourth-order valence-corrected chi connectivity index (χ4v) is 5.90. The highest BCUT2D eigenvalue weighted by atomic mass is 16.3. The molecule has 0 radical (unpaired) electrons. The van der Waals surface area contributed by atoms with Crippen molar-refractivity contribution in [2.75, 3.05) is 0 Å². The zero-order valence-corrected chi connectivity index (χ0v) is 26.5. The first-order chi connectivity index (χ1) is 18.3. The van der Waals surface area contributed by atoms with E-state index in [9.17, 15) is 0 Å². The summed E-state index contributed by atoms with van der Waals surface area (Å²) in [5.74, 6) is 4.61. The van der Waals surface area contributed by atoms with Crippen molar-refractivity contribution >= 4 is 10.8 Å². The maximum Gasteiger partial charge on any atom is 0.143 e. The van der Waals surface area contributed by atoms with Crippen molar-refractivity contribution < 1.29 is 4.42 Å². The molecule has 0 aliphatic heterocycles. The lowest BCUT2D eigenvalue weighted by atomic mass is 9.82. The van der Waals surface area contributed by atoms with Gasteiger partial charge in [-0.1, -0.05) is 132 Å². The molecule has 39 heavy (non-hydrogen) atoms. The fraction of sp³-hybridized carbons (Fsp3) is 0.474. The Bertz CT molecular complexity index is 1290. The topological polar surface area (TPSA) is 13.1 Å². The van der Waals surface area contributed by atoms with Crippen molar-refractivity contribution in [3.8, 4) is 22.6 Å². The van der Waals surface area contributed by atoms with Crippen LogP contribution < -0.4 is 0 Å². The van der Waals surface area contributed by atoms with Crippen molar-refractivity contribution in [2.24, 2.45) is 0 Å². The molecule has 4 rings (SSSR count). The minimum absolute atomic E-state index is 0.395. The first kappa shape index (κ1) is 29.2. The molecule has 4 aromatic rings. The van der Waals surface area contributed by atoms with Gasteiger partial charge in [0.15, 0.2) is 0 Å². The maximum atomic E-state index is 7.20. The second-order valence-corrected chi connectivity index (χ2v) is 13.4. The summed E-state index contributed by atoms with van der Waals surface area (Å²) in [6.45, 7) is 27.7. The molecule has 0 atom stereocenters. The van der Waals surface area contributed by atoms with Crippen LogP contribution in [0.3, 0.4) is 0 Å². The molecule has 0 saturated heterocycles. The lowest BCUT2D eigenvalue weighted by molar-refractivity contribution is 0.595. The highest BCUT2D eigenvalue weighted by Gasteiger charge is 2.27. The van der Waals surface area contributed by atoms with Gasteiger partial charge >= 0.3 is 0 Å². The van der Waals surface area contributed by atoms with Gasteiger partial charge in [0.25, 0.3) is 0 Å². The normalized spacial score (nSPS) is 12.5. The van der Waals surface area contributed by atoms with E-state index in [1.54, 1.807) is 0 Å². The highest BCUT2D eigenvalue weighted by molar-refractivity contribution is 6.04. The molecule has 1 heterocycles. The molecule has 0 fully saturated rings. The fourth-order valence-electron chi connectivity index (χ4n) is 5.90.